The highest BCUT2D eigenvalue weighted by molar-refractivity contribution is 5.96. The van der Waals surface area contributed by atoms with E-state index in [1.165, 1.54) is 4.90 Å². The second-order valence-electron chi connectivity index (χ2n) is 6.13. The molecule has 7 nitrogen and oxygen atoms in total. The molecule has 0 saturated carbocycles. The molecule has 0 spiro atoms. The molecule has 0 bridgehead atoms. The first-order valence-corrected chi connectivity index (χ1v) is 7.96. The summed E-state index contributed by atoms with van der Waals surface area (Å²) in [5.74, 6) is -0.495. The minimum atomic E-state index is -0.236. The van der Waals surface area contributed by atoms with Gasteiger partial charge in [0.1, 0.15) is 0 Å². The first-order chi connectivity index (χ1) is 11.4. The predicted molar refractivity (Wildman–Crippen MR) is 91.6 cm³/mol. The summed E-state index contributed by atoms with van der Waals surface area (Å²) in [5.41, 5.74) is 2.75. The molecule has 1 heterocycles. The summed E-state index contributed by atoms with van der Waals surface area (Å²) in [6, 6.07) is 5.79. The zero-order chi connectivity index (χ0) is 17.7. The Morgan fingerprint density at radius 2 is 1.96 bits per heavy atom. The smallest absolute Gasteiger partial charge is 0.243 e. The Balaban J connectivity index is 1.86. The van der Waals surface area contributed by atoms with Gasteiger partial charge in [-0.15, -0.1) is 0 Å². The molecule has 1 aromatic rings. The number of carbonyl (C=O) groups is 3. The van der Waals surface area contributed by atoms with Gasteiger partial charge in [0.05, 0.1) is 19.6 Å². The molecule has 0 aromatic heterocycles. The highest BCUT2D eigenvalue weighted by Crippen LogP contribution is 2.19. The number of nitrogens with zero attached hydrogens (tertiary/aromatic N) is 2. The molecule has 7 heteroatoms. The summed E-state index contributed by atoms with van der Waals surface area (Å²) in [6.07, 6.45) is 0. The van der Waals surface area contributed by atoms with Crippen LogP contribution in [0.4, 0.5) is 5.69 Å². The lowest BCUT2D eigenvalue weighted by Gasteiger charge is -2.27. The van der Waals surface area contributed by atoms with Gasteiger partial charge in [-0.1, -0.05) is 18.2 Å². The largest absolute Gasteiger partial charge is 0.354 e. The second kappa shape index (κ2) is 7.92. The molecule has 0 unspecified atom stereocenters. The molecule has 0 radical (unpaired) electrons. The van der Waals surface area contributed by atoms with E-state index >= 15 is 0 Å². The number of likely N-dealkylation sites (N-methyl/N-ethyl adjacent to an activating group) is 1. The van der Waals surface area contributed by atoms with E-state index in [1.54, 1.807) is 11.9 Å². The van der Waals surface area contributed by atoms with Crippen molar-refractivity contribution < 1.29 is 14.4 Å². The average molecular weight is 332 g/mol. The van der Waals surface area contributed by atoms with Gasteiger partial charge in [0.2, 0.25) is 17.7 Å². The predicted octanol–water partition coefficient (Wildman–Crippen LogP) is 0.132. The summed E-state index contributed by atoms with van der Waals surface area (Å²) in [4.78, 5) is 38.9. The lowest BCUT2D eigenvalue weighted by Crippen LogP contribution is -2.51. The molecule has 3 amide bonds. The van der Waals surface area contributed by atoms with Crippen LogP contribution < -0.4 is 10.6 Å². The Bertz CT molecular complexity index is 624. The normalized spacial score (nSPS) is 14.9. The van der Waals surface area contributed by atoms with E-state index in [0.29, 0.717) is 13.1 Å². The zero-order valence-electron chi connectivity index (χ0n) is 14.4. The molecule has 130 valence electrons. The maximum atomic E-state index is 12.2. The Hall–Kier alpha value is -2.41. The van der Waals surface area contributed by atoms with E-state index in [2.05, 4.69) is 10.6 Å². The molecule has 2 N–H and O–H groups in total. The lowest BCUT2D eigenvalue weighted by atomic mass is 10.1. The number of rotatable bonds is 5. The van der Waals surface area contributed by atoms with Crippen LogP contribution in [0.1, 0.15) is 11.1 Å². The summed E-state index contributed by atoms with van der Waals surface area (Å²) < 4.78 is 0. The van der Waals surface area contributed by atoms with Crippen molar-refractivity contribution in [3.8, 4) is 0 Å². The van der Waals surface area contributed by atoms with Gasteiger partial charge in [-0.2, -0.15) is 0 Å². The standard InChI is InChI=1S/C17H24N4O3/c1-12-5-4-6-13(2)17(12)19-15(23)9-20(3)16(24)11-21-8-7-18-14(22)10-21/h4-6H,7-11H2,1-3H3,(H,18,22)(H,19,23). The maximum absolute atomic E-state index is 12.2. The van der Waals surface area contributed by atoms with Crippen molar-refractivity contribution in [3.05, 3.63) is 29.3 Å². The number of piperazine rings is 1. The second-order valence-corrected chi connectivity index (χ2v) is 6.13. The van der Waals surface area contributed by atoms with Gasteiger partial charge in [-0.3, -0.25) is 19.3 Å². The monoisotopic (exact) mass is 332 g/mol. The van der Waals surface area contributed by atoms with Crippen molar-refractivity contribution in [1.82, 2.24) is 15.1 Å². The van der Waals surface area contributed by atoms with E-state index in [-0.39, 0.29) is 37.4 Å². The van der Waals surface area contributed by atoms with Crippen LogP contribution in [-0.4, -0.2) is 67.3 Å². The quantitative estimate of drug-likeness (QED) is 0.803. The van der Waals surface area contributed by atoms with Crippen LogP contribution in [0.5, 0.6) is 0 Å². The minimum absolute atomic E-state index is 0.0212. The number of carbonyl (C=O) groups excluding carboxylic acids is 3. The average Bonchev–Trinajstić information content (AvgIpc) is 2.51. The van der Waals surface area contributed by atoms with E-state index in [9.17, 15) is 14.4 Å². The van der Waals surface area contributed by atoms with Crippen LogP contribution in [0.2, 0.25) is 0 Å². The molecule has 1 fully saturated rings. The van der Waals surface area contributed by atoms with Crippen LogP contribution in [0, 0.1) is 13.8 Å². The number of amides is 3. The van der Waals surface area contributed by atoms with Crippen molar-refractivity contribution in [2.45, 2.75) is 13.8 Å². The van der Waals surface area contributed by atoms with Crippen molar-refractivity contribution in [2.75, 3.05) is 45.1 Å². The fraction of sp³-hybridized carbons (Fsp3) is 0.471. The summed E-state index contributed by atoms with van der Waals surface area (Å²) in [5, 5.41) is 5.58. The van der Waals surface area contributed by atoms with Gasteiger partial charge >= 0.3 is 0 Å². The van der Waals surface area contributed by atoms with E-state index in [0.717, 1.165) is 16.8 Å². The van der Waals surface area contributed by atoms with Crippen LogP contribution in [0.25, 0.3) is 0 Å². The van der Waals surface area contributed by atoms with Crippen LogP contribution in [0.3, 0.4) is 0 Å². The fourth-order valence-corrected chi connectivity index (χ4v) is 2.63. The Morgan fingerprint density at radius 1 is 1.29 bits per heavy atom. The molecule has 24 heavy (non-hydrogen) atoms. The highest BCUT2D eigenvalue weighted by Gasteiger charge is 2.21. The third kappa shape index (κ3) is 4.79. The van der Waals surface area contributed by atoms with Gasteiger partial charge in [0, 0.05) is 25.8 Å². The summed E-state index contributed by atoms with van der Waals surface area (Å²) >= 11 is 0. The maximum Gasteiger partial charge on any atom is 0.243 e. The zero-order valence-corrected chi connectivity index (χ0v) is 14.4. The summed E-state index contributed by atoms with van der Waals surface area (Å²) in [6.45, 7) is 5.38. The molecule has 2 rings (SSSR count). The number of para-hydroxylation sites is 1. The van der Waals surface area contributed by atoms with Gasteiger partial charge in [0.15, 0.2) is 0 Å². The third-order valence-electron chi connectivity index (χ3n) is 4.03. The van der Waals surface area contributed by atoms with Crippen molar-refractivity contribution in [2.24, 2.45) is 0 Å². The number of hydrogen-bond acceptors (Lipinski definition) is 4. The highest BCUT2D eigenvalue weighted by atomic mass is 16.2. The number of benzene rings is 1. The van der Waals surface area contributed by atoms with Crippen LogP contribution >= 0.6 is 0 Å². The topological polar surface area (TPSA) is 81.8 Å². The Labute approximate surface area is 142 Å². The number of hydrogen-bond donors (Lipinski definition) is 2. The fourth-order valence-electron chi connectivity index (χ4n) is 2.63. The van der Waals surface area contributed by atoms with E-state index in [4.69, 9.17) is 0 Å². The summed E-state index contributed by atoms with van der Waals surface area (Å²) in [7, 11) is 1.59. The van der Waals surface area contributed by atoms with Crippen molar-refractivity contribution in [1.29, 1.82) is 0 Å². The molecular weight excluding hydrogens is 308 g/mol. The van der Waals surface area contributed by atoms with Crippen LogP contribution in [0.15, 0.2) is 18.2 Å². The lowest BCUT2D eigenvalue weighted by molar-refractivity contribution is -0.135. The van der Waals surface area contributed by atoms with Gasteiger partial charge in [-0.05, 0) is 25.0 Å². The molecule has 1 saturated heterocycles. The minimum Gasteiger partial charge on any atom is -0.354 e. The number of aryl methyl sites for hydroxylation is 2. The Kier molecular flexibility index (Phi) is 5.92. The first kappa shape index (κ1) is 17.9. The number of nitrogens with one attached hydrogen (secondary N) is 2. The third-order valence-corrected chi connectivity index (χ3v) is 4.03. The van der Waals surface area contributed by atoms with Crippen LogP contribution in [-0.2, 0) is 14.4 Å². The Morgan fingerprint density at radius 3 is 2.58 bits per heavy atom. The molecule has 1 aliphatic rings. The molecule has 0 atom stereocenters. The molecule has 1 aliphatic heterocycles. The van der Waals surface area contributed by atoms with E-state index < -0.39 is 0 Å². The van der Waals surface area contributed by atoms with Gasteiger partial charge < -0.3 is 15.5 Å². The van der Waals surface area contributed by atoms with Gasteiger partial charge in [0.25, 0.3) is 0 Å². The van der Waals surface area contributed by atoms with E-state index in [1.807, 2.05) is 32.0 Å². The molecular formula is C17H24N4O3. The van der Waals surface area contributed by atoms with Crippen molar-refractivity contribution in [3.63, 3.8) is 0 Å². The molecule has 0 aliphatic carbocycles. The van der Waals surface area contributed by atoms with Gasteiger partial charge in [-0.25, -0.2) is 0 Å². The molecule has 1 aromatic carbocycles. The number of anilines is 1. The SMILES string of the molecule is Cc1cccc(C)c1NC(=O)CN(C)C(=O)CN1CCNC(=O)C1. The first-order valence-electron chi connectivity index (χ1n) is 7.96. The van der Waals surface area contributed by atoms with Crippen molar-refractivity contribution >= 4 is 23.4 Å².